The molecule has 23 heavy (non-hydrogen) atoms. The summed E-state index contributed by atoms with van der Waals surface area (Å²) in [5, 5.41) is 2.90. The average Bonchev–Trinajstić information content (AvgIpc) is 3.13. The third-order valence-electron chi connectivity index (χ3n) is 3.94. The van der Waals surface area contributed by atoms with Crippen LogP contribution in [0.25, 0.3) is 0 Å². The quantitative estimate of drug-likeness (QED) is 0.828. The number of nitrogens with zero attached hydrogens (tertiary/aromatic N) is 1. The van der Waals surface area contributed by atoms with Gasteiger partial charge in [0.25, 0.3) is 5.91 Å². The lowest BCUT2D eigenvalue weighted by atomic mass is 10.2. The Balaban J connectivity index is 1.81. The smallest absolute Gasteiger partial charge is 0.269 e. The van der Waals surface area contributed by atoms with E-state index in [1.165, 1.54) is 11.3 Å². The van der Waals surface area contributed by atoms with Gasteiger partial charge in [0.2, 0.25) is 0 Å². The minimum atomic E-state index is -0.223. The van der Waals surface area contributed by atoms with E-state index in [0.717, 1.165) is 30.7 Å². The first-order valence-electron chi connectivity index (χ1n) is 7.54. The summed E-state index contributed by atoms with van der Waals surface area (Å²) in [5.41, 5.74) is 7.95. The van der Waals surface area contributed by atoms with Gasteiger partial charge in [-0.2, -0.15) is 0 Å². The molecule has 2 heterocycles. The summed E-state index contributed by atoms with van der Waals surface area (Å²) in [6, 6.07) is 7.63. The number of aryl methyl sites for hydroxylation is 1. The van der Waals surface area contributed by atoms with Gasteiger partial charge >= 0.3 is 0 Å². The van der Waals surface area contributed by atoms with E-state index in [4.69, 9.17) is 22.7 Å². The number of hydrogen-bond acceptors (Lipinski definition) is 5. The topological polar surface area (TPSA) is 69.3 Å². The third kappa shape index (κ3) is 3.46. The number of amides is 1. The number of nitrogens with two attached hydrogens (primary N) is 1. The average molecular weight is 349 g/mol. The van der Waals surface area contributed by atoms with Crippen LogP contribution >= 0.6 is 23.6 Å². The van der Waals surface area contributed by atoms with Gasteiger partial charge < -0.3 is 20.4 Å². The predicted octanol–water partition coefficient (Wildman–Crippen LogP) is 3.60. The number of ether oxygens (including phenoxy) is 1. The molecule has 3 N–H and O–H groups in total. The molecule has 0 saturated carbocycles. The number of carbonyl (C=O) groups excluding carboxylic acids is 1. The molecule has 5 nitrogen and oxygen atoms in total. The fraction of sp³-hybridized carbons (Fsp3) is 0.375. The molecule has 1 aromatic heterocycles. The molecule has 0 unspecified atom stereocenters. The van der Waals surface area contributed by atoms with Crippen molar-refractivity contribution in [3.8, 4) is 0 Å². The lowest BCUT2D eigenvalue weighted by Crippen LogP contribution is -2.18. The molecule has 7 heteroatoms. The van der Waals surface area contributed by atoms with Crippen molar-refractivity contribution >= 4 is 41.0 Å². The number of aromatic nitrogens is 1. The molecule has 0 radical (unpaired) electrons. The third-order valence-corrected chi connectivity index (χ3v) is 5.41. The van der Waals surface area contributed by atoms with E-state index >= 15 is 0 Å². The van der Waals surface area contributed by atoms with Crippen LogP contribution in [-0.2, 0) is 11.3 Å². The van der Waals surface area contributed by atoms with Crippen LogP contribution in [0.5, 0.6) is 0 Å². The molecule has 122 valence electrons. The normalized spacial score (nSPS) is 17.3. The zero-order chi connectivity index (χ0) is 16.4. The van der Waals surface area contributed by atoms with Gasteiger partial charge in [-0.1, -0.05) is 29.5 Å². The van der Waals surface area contributed by atoms with Gasteiger partial charge in [0.05, 0.1) is 12.6 Å². The van der Waals surface area contributed by atoms with E-state index in [1.807, 2.05) is 35.8 Å². The number of nitrogen functional groups attached to an aromatic ring is 1. The van der Waals surface area contributed by atoms with Crippen molar-refractivity contribution in [3.05, 3.63) is 38.7 Å². The molecule has 3 rings (SSSR count). The van der Waals surface area contributed by atoms with Crippen LogP contribution in [0.1, 0.15) is 28.1 Å². The van der Waals surface area contributed by atoms with Crippen LogP contribution < -0.4 is 11.1 Å². The second-order valence-corrected chi connectivity index (χ2v) is 7.24. The first-order chi connectivity index (χ1) is 11.1. The van der Waals surface area contributed by atoms with Crippen LogP contribution in [0, 0.1) is 10.9 Å². The van der Waals surface area contributed by atoms with Gasteiger partial charge in [0.1, 0.15) is 10.7 Å². The maximum atomic E-state index is 12.5. The monoisotopic (exact) mass is 349 g/mol. The summed E-state index contributed by atoms with van der Waals surface area (Å²) in [6.07, 6.45) is 2.19. The van der Waals surface area contributed by atoms with Crippen molar-refractivity contribution in [3.63, 3.8) is 0 Å². The maximum Gasteiger partial charge on any atom is 0.269 e. The van der Waals surface area contributed by atoms with Gasteiger partial charge in [-0.25, -0.2) is 0 Å². The number of rotatable bonds is 4. The van der Waals surface area contributed by atoms with Crippen molar-refractivity contribution in [1.82, 2.24) is 4.57 Å². The molecule has 1 amide bonds. The minimum Gasteiger partial charge on any atom is -0.384 e. The first kappa shape index (κ1) is 16.2. The zero-order valence-electron chi connectivity index (χ0n) is 12.9. The summed E-state index contributed by atoms with van der Waals surface area (Å²) >= 11 is 6.61. The van der Waals surface area contributed by atoms with Gasteiger partial charge in [0, 0.05) is 12.3 Å². The van der Waals surface area contributed by atoms with E-state index in [0.29, 0.717) is 21.2 Å². The number of para-hydroxylation sites is 1. The van der Waals surface area contributed by atoms with E-state index in [9.17, 15) is 4.79 Å². The summed E-state index contributed by atoms with van der Waals surface area (Å²) in [6.45, 7) is 3.34. The van der Waals surface area contributed by atoms with Gasteiger partial charge in [-0.05, 0) is 43.6 Å². The highest BCUT2D eigenvalue weighted by Crippen LogP contribution is 2.26. The fourth-order valence-corrected chi connectivity index (χ4v) is 3.87. The Morgan fingerprint density at radius 1 is 1.52 bits per heavy atom. The van der Waals surface area contributed by atoms with E-state index in [-0.39, 0.29) is 12.0 Å². The van der Waals surface area contributed by atoms with E-state index in [2.05, 4.69) is 5.32 Å². The Morgan fingerprint density at radius 2 is 2.30 bits per heavy atom. The van der Waals surface area contributed by atoms with E-state index in [1.54, 1.807) is 0 Å². The number of benzene rings is 1. The van der Waals surface area contributed by atoms with E-state index < -0.39 is 0 Å². The zero-order valence-corrected chi connectivity index (χ0v) is 14.5. The lowest BCUT2D eigenvalue weighted by molar-refractivity contribution is 0.0970. The van der Waals surface area contributed by atoms with Crippen molar-refractivity contribution in [1.29, 1.82) is 0 Å². The number of nitrogens with one attached hydrogen (secondary N) is 1. The Morgan fingerprint density at radius 3 is 3.00 bits per heavy atom. The molecule has 1 saturated heterocycles. The van der Waals surface area contributed by atoms with Gasteiger partial charge in [-0.15, -0.1) is 0 Å². The maximum absolute atomic E-state index is 12.5. The molecule has 0 bridgehead atoms. The highest BCUT2D eigenvalue weighted by atomic mass is 32.1. The minimum absolute atomic E-state index is 0.130. The summed E-state index contributed by atoms with van der Waals surface area (Å²) in [4.78, 5) is 13.0. The molecule has 1 aromatic carbocycles. The molecular formula is C16H19N3O2S2. The highest BCUT2D eigenvalue weighted by molar-refractivity contribution is 7.73. The van der Waals surface area contributed by atoms with Crippen molar-refractivity contribution < 1.29 is 9.53 Å². The predicted molar refractivity (Wildman–Crippen MR) is 95.7 cm³/mol. The number of thiazole rings is 1. The van der Waals surface area contributed by atoms with Crippen LogP contribution in [0.2, 0.25) is 0 Å². The van der Waals surface area contributed by atoms with Crippen molar-refractivity contribution in [2.45, 2.75) is 32.4 Å². The molecule has 1 aliphatic heterocycles. The SMILES string of the molecule is Cc1ccccc1NC(=O)c1sc(=S)n(C[C@H]2CCCO2)c1N. The second kappa shape index (κ2) is 6.82. The van der Waals surface area contributed by atoms with Crippen molar-refractivity contribution in [2.24, 2.45) is 0 Å². The second-order valence-electron chi connectivity index (χ2n) is 5.60. The molecule has 1 aliphatic rings. The Labute approximate surface area is 144 Å². The molecule has 2 aromatic rings. The van der Waals surface area contributed by atoms with Crippen LogP contribution in [0.4, 0.5) is 11.5 Å². The fourth-order valence-electron chi connectivity index (χ4n) is 2.64. The van der Waals surface area contributed by atoms with Crippen LogP contribution in [-0.4, -0.2) is 23.2 Å². The Bertz CT molecular complexity index is 776. The molecular weight excluding hydrogens is 330 g/mol. The number of hydrogen-bond donors (Lipinski definition) is 2. The molecule has 1 fully saturated rings. The van der Waals surface area contributed by atoms with Gasteiger partial charge in [-0.3, -0.25) is 4.79 Å². The first-order valence-corrected chi connectivity index (χ1v) is 8.76. The number of carbonyl (C=O) groups is 1. The van der Waals surface area contributed by atoms with Crippen molar-refractivity contribution in [2.75, 3.05) is 17.7 Å². The Kier molecular flexibility index (Phi) is 4.79. The largest absolute Gasteiger partial charge is 0.384 e. The number of anilines is 2. The van der Waals surface area contributed by atoms with Crippen LogP contribution in [0.15, 0.2) is 24.3 Å². The molecule has 0 aliphatic carbocycles. The Hall–Kier alpha value is -1.70. The molecule has 0 spiro atoms. The summed E-state index contributed by atoms with van der Waals surface area (Å²) < 4.78 is 8.04. The summed E-state index contributed by atoms with van der Waals surface area (Å²) in [7, 11) is 0. The molecule has 1 atom stereocenters. The lowest BCUT2D eigenvalue weighted by Gasteiger charge is -2.12. The highest BCUT2D eigenvalue weighted by Gasteiger charge is 2.22. The van der Waals surface area contributed by atoms with Crippen LogP contribution in [0.3, 0.4) is 0 Å². The summed E-state index contributed by atoms with van der Waals surface area (Å²) in [5.74, 6) is 0.195. The standard InChI is InChI=1S/C16H19N3O2S2/c1-10-5-2-3-7-12(10)18-15(20)13-14(17)19(16(22)23-13)9-11-6-4-8-21-11/h2-3,5,7,11H,4,6,8-9,17H2,1H3,(H,18,20)/t11-/m1/s1. The van der Waals surface area contributed by atoms with Gasteiger partial charge in [0.15, 0.2) is 3.95 Å².